The summed E-state index contributed by atoms with van der Waals surface area (Å²) in [5.74, 6) is 0.789. The highest BCUT2D eigenvalue weighted by Crippen LogP contribution is 1.86. The average Bonchev–Trinajstić information content (AvgIpc) is 2.03. The molecule has 0 unspecified atom stereocenters. The van der Waals surface area contributed by atoms with Crippen molar-refractivity contribution in [3.05, 3.63) is 0 Å². The van der Waals surface area contributed by atoms with Gasteiger partial charge in [0.25, 0.3) is 0 Å². The smallest absolute Gasteiger partial charge is 0.212 e. The van der Waals surface area contributed by atoms with Gasteiger partial charge in [0, 0.05) is 18.8 Å². The fourth-order valence-electron chi connectivity index (χ4n) is 0.772. The normalized spacial score (nSPS) is 16.4. The van der Waals surface area contributed by atoms with Crippen LogP contribution in [0.25, 0.3) is 0 Å². The second-order valence-corrected chi connectivity index (χ2v) is 2.68. The fourth-order valence-corrected chi connectivity index (χ4v) is 0.772. The number of aliphatic imine (C=N–C) groups is 1. The number of nitrogens with zero attached hydrogens (tertiary/aromatic N) is 2. The Bertz CT molecular complexity index is 179. The third-order valence-electron chi connectivity index (χ3n) is 1.28. The van der Waals surface area contributed by atoms with E-state index < -0.39 is 0 Å². The first-order chi connectivity index (χ1) is 5.29. The summed E-state index contributed by atoms with van der Waals surface area (Å²) in [7, 11) is 0. The molecule has 0 saturated carbocycles. The zero-order chi connectivity index (χ0) is 8.10. The summed E-state index contributed by atoms with van der Waals surface area (Å²) in [4.78, 5) is 4.19. The molecule has 0 aromatic rings. The number of hydrogen-bond acceptors (Lipinski definition) is 4. The van der Waals surface area contributed by atoms with Crippen molar-refractivity contribution in [1.82, 2.24) is 10.7 Å². The van der Waals surface area contributed by atoms with Crippen LogP contribution in [0.15, 0.2) is 10.1 Å². The minimum atomic E-state index is 0.789. The number of guanidine groups is 1. The number of hydrogen-bond donors (Lipinski definition) is 2. The molecule has 0 fully saturated rings. The molecule has 1 aliphatic heterocycles. The summed E-state index contributed by atoms with van der Waals surface area (Å²) >= 11 is 0. The lowest BCUT2D eigenvalue weighted by atomic mass is 10.4. The van der Waals surface area contributed by atoms with Crippen LogP contribution in [-0.4, -0.2) is 24.8 Å². The van der Waals surface area contributed by atoms with Gasteiger partial charge in [-0.2, -0.15) is 5.10 Å². The van der Waals surface area contributed by atoms with E-state index in [0.29, 0.717) is 0 Å². The van der Waals surface area contributed by atoms with Gasteiger partial charge < -0.3 is 5.32 Å². The first-order valence-electron chi connectivity index (χ1n) is 3.84. The van der Waals surface area contributed by atoms with E-state index in [-0.39, 0.29) is 0 Å². The van der Waals surface area contributed by atoms with Gasteiger partial charge in [-0.1, -0.05) is 0 Å². The van der Waals surface area contributed by atoms with E-state index >= 15 is 0 Å². The molecule has 0 amide bonds. The van der Waals surface area contributed by atoms with Crippen LogP contribution in [0.4, 0.5) is 0 Å². The van der Waals surface area contributed by atoms with Crippen molar-refractivity contribution in [1.29, 1.82) is 0 Å². The molecule has 0 saturated heterocycles. The molecule has 0 atom stereocenters. The SMILES string of the molecule is CC(C)=NNC1=NCCCN1. The minimum absolute atomic E-state index is 0.789. The predicted octanol–water partition coefficient (Wildman–Crippen LogP) is 0.321. The molecule has 0 aromatic heterocycles. The van der Waals surface area contributed by atoms with Gasteiger partial charge in [0.15, 0.2) is 0 Å². The molecule has 4 nitrogen and oxygen atoms in total. The molecule has 1 heterocycles. The van der Waals surface area contributed by atoms with Gasteiger partial charge in [0.2, 0.25) is 5.96 Å². The molecule has 2 N–H and O–H groups in total. The van der Waals surface area contributed by atoms with Crippen molar-refractivity contribution < 1.29 is 0 Å². The number of hydrazone groups is 1. The van der Waals surface area contributed by atoms with Crippen LogP contribution < -0.4 is 10.7 Å². The van der Waals surface area contributed by atoms with E-state index in [0.717, 1.165) is 31.2 Å². The van der Waals surface area contributed by atoms with Gasteiger partial charge in [-0.05, 0) is 20.3 Å². The monoisotopic (exact) mass is 154 g/mol. The second-order valence-electron chi connectivity index (χ2n) is 2.68. The Morgan fingerprint density at radius 2 is 2.45 bits per heavy atom. The predicted molar refractivity (Wildman–Crippen MR) is 46.8 cm³/mol. The van der Waals surface area contributed by atoms with Crippen molar-refractivity contribution in [2.75, 3.05) is 13.1 Å². The zero-order valence-electron chi connectivity index (χ0n) is 7.02. The van der Waals surface area contributed by atoms with Crippen molar-refractivity contribution >= 4 is 11.7 Å². The first-order valence-corrected chi connectivity index (χ1v) is 3.84. The molecule has 0 bridgehead atoms. The lowest BCUT2D eigenvalue weighted by Gasteiger charge is -2.12. The van der Waals surface area contributed by atoms with Crippen LogP contribution >= 0.6 is 0 Å². The van der Waals surface area contributed by atoms with Crippen molar-refractivity contribution in [3.63, 3.8) is 0 Å². The number of nitrogens with one attached hydrogen (secondary N) is 2. The topological polar surface area (TPSA) is 48.8 Å². The molecular weight excluding hydrogens is 140 g/mol. The lowest BCUT2D eigenvalue weighted by Crippen LogP contribution is -2.38. The Hall–Kier alpha value is -1.06. The van der Waals surface area contributed by atoms with Crippen molar-refractivity contribution in [2.45, 2.75) is 20.3 Å². The first kappa shape index (κ1) is 8.04. The third kappa shape index (κ3) is 3.02. The van der Waals surface area contributed by atoms with E-state index in [4.69, 9.17) is 0 Å². The maximum Gasteiger partial charge on any atom is 0.212 e. The largest absolute Gasteiger partial charge is 0.355 e. The van der Waals surface area contributed by atoms with Gasteiger partial charge in [-0.3, -0.25) is 4.99 Å². The molecule has 1 aliphatic rings. The molecule has 0 radical (unpaired) electrons. The molecular formula is C7H14N4. The summed E-state index contributed by atoms with van der Waals surface area (Å²) in [6, 6.07) is 0. The van der Waals surface area contributed by atoms with E-state index in [1.165, 1.54) is 0 Å². The fraction of sp³-hybridized carbons (Fsp3) is 0.714. The quantitative estimate of drug-likeness (QED) is 0.422. The van der Waals surface area contributed by atoms with Crippen molar-refractivity contribution in [2.24, 2.45) is 10.1 Å². The Balaban J connectivity index is 2.36. The highest BCUT2D eigenvalue weighted by atomic mass is 15.4. The zero-order valence-corrected chi connectivity index (χ0v) is 7.02. The van der Waals surface area contributed by atoms with Crippen molar-refractivity contribution in [3.8, 4) is 0 Å². The maximum atomic E-state index is 4.19. The van der Waals surface area contributed by atoms with Crippen LogP contribution in [0, 0.1) is 0 Å². The van der Waals surface area contributed by atoms with Gasteiger partial charge >= 0.3 is 0 Å². The van der Waals surface area contributed by atoms with Crippen LogP contribution in [0.5, 0.6) is 0 Å². The maximum absolute atomic E-state index is 4.19. The third-order valence-corrected chi connectivity index (χ3v) is 1.28. The Kier molecular flexibility index (Phi) is 2.89. The van der Waals surface area contributed by atoms with Crippen LogP contribution in [-0.2, 0) is 0 Å². The second kappa shape index (κ2) is 3.95. The highest BCUT2D eigenvalue weighted by molar-refractivity contribution is 5.84. The molecule has 0 aliphatic carbocycles. The Morgan fingerprint density at radius 1 is 1.64 bits per heavy atom. The van der Waals surface area contributed by atoms with Crippen LogP contribution in [0.2, 0.25) is 0 Å². The van der Waals surface area contributed by atoms with Gasteiger partial charge in [-0.15, -0.1) is 0 Å². The standard InChI is InChI=1S/C7H14N4/c1-6(2)10-11-7-8-4-3-5-9-7/h3-5H2,1-2H3,(H2,8,9,11). The van der Waals surface area contributed by atoms with E-state index in [1.54, 1.807) is 0 Å². The number of rotatable bonds is 1. The molecule has 4 heteroatoms. The summed E-state index contributed by atoms with van der Waals surface area (Å²) in [6.45, 7) is 5.77. The average molecular weight is 154 g/mol. The summed E-state index contributed by atoms with van der Waals surface area (Å²) in [5.41, 5.74) is 3.85. The van der Waals surface area contributed by atoms with E-state index in [1.807, 2.05) is 13.8 Å². The Labute approximate surface area is 66.8 Å². The molecule has 62 valence electrons. The summed E-state index contributed by atoms with van der Waals surface area (Å²) < 4.78 is 0. The lowest BCUT2D eigenvalue weighted by molar-refractivity contribution is 0.711. The Morgan fingerprint density at radius 3 is 3.00 bits per heavy atom. The van der Waals surface area contributed by atoms with Gasteiger partial charge in [0.05, 0.1) is 0 Å². The molecule has 1 rings (SSSR count). The van der Waals surface area contributed by atoms with Gasteiger partial charge in [-0.25, -0.2) is 5.43 Å². The molecule has 0 aromatic carbocycles. The minimum Gasteiger partial charge on any atom is -0.355 e. The highest BCUT2D eigenvalue weighted by Gasteiger charge is 2.00. The van der Waals surface area contributed by atoms with E-state index in [2.05, 4.69) is 20.8 Å². The molecule has 0 spiro atoms. The van der Waals surface area contributed by atoms with Gasteiger partial charge in [0.1, 0.15) is 0 Å². The van der Waals surface area contributed by atoms with Crippen LogP contribution in [0.1, 0.15) is 20.3 Å². The van der Waals surface area contributed by atoms with E-state index in [9.17, 15) is 0 Å². The van der Waals surface area contributed by atoms with Crippen LogP contribution in [0.3, 0.4) is 0 Å². The summed E-state index contributed by atoms with van der Waals surface area (Å²) in [6.07, 6.45) is 1.11. The molecule has 11 heavy (non-hydrogen) atoms. The summed E-state index contributed by atoms with van der Waals surface area (Å²) in [5, 5.41) is 7.13.